The first-order chi connectivity index (χ1) is 5.86. The van der Waals surface area contributed by atoms with E-state index >= 15 is 0 Å². The van der Waals surface area contributed by atoms with Gasteiger partial charge >= 0.3 is 0 Å². The Hall–Kier alpha value is -0.110. The number of rotatable bonds is 0. The van der Waals surface area contributed by atoms with E-state index in [2.05, 4.69) is 12.2 Å². The van der Waals surface area contributed by atoms with Gasteiger partial charge in [-0.3, -0.25) is 0 Å². The smallest absolute Gasteiger partial charge is 0.0735 e. The molecule has 0 amide bonds. The van der Waals surface area contributed by atoms with E-state index in [9.17, 15) is 0 Å². The summed E-state index contributed by atoms with van der Waals surface area (Å²) in [7, 11) is 0. The Labute approximate surface area is 80.0 Å². The topological polar surface area (TPSA) is 12.0 Å². The molecule has 70 valence electrons. The summed E-state index contributed by atoms with van der Waals surface area (Å²) in [6.45, 7) is 6.24. The van der Waals surface area contributed by atoms with Crippen molar-refractivity contribution in [2.75, 3.05) is 0 Å². The maximum Gasteiger partial charge on any atom is 0.0735 e. The summed E-state index contributed by atoms with van der Waals surface area (Å²) in [4.78, 5) is 1.64. The molecule has 0 aromatic heterocycles. The molecule has 0 fully saturated rings. The van der Waals surface area contributed by atoms with Crippen LogP contribution in [-0.2, 0) is 0 Å². The van der Waals surface area contributed by atoms with Crippen LogP contribution < -0.4 is 5.32 Å². The van der Waals surface area contributed by atoms with Crippen molar-refractivity contribution in [1.82, 2.24) is 5.32 Å². The molecule has 1 aliphatic heterocycles. The van der Waals surface area contributed by atoms with E-state index in [0.717, 1.165) is 0 Å². The van der Waals surface area contributed by atoms with Crippen molar-refractivity contribution in [3.63, 3.8) is 0 Å². The molecule has 1 atom stereocenters. The van der Waals surface area contributed by atoms with Crippen molar-refractivity contribution in [3.05, 3.63) is 10.6 Å². The van der Waals surface area contributed by atoms with Crippen LogP contribution in [0.3, 0.4) is 0 Å². The highest BCUT2D eigenvalue weighted by atomic mass is 32.2. The maximum atomic E-state index is 3.50. The Bertz CT molecular complexity index is 157. The Morgan fingerprint density at radius 2 is 1.92 bits per heavy atom. The van der Waals surface area contributed by atoms with Gasteiger partial charge < -0.3 is 5.32 Å². The average Bonchev–Trinajstić information content (AvgIpc) is 2.48. The summed E-state index contributed by atoms with van der Waals surface area (Å²) < 4.78 is 0. The molecule has 1 unspecified atom stereocenters. The van der Waals surface area contributed by atoms with Gasteiger partial charge in [0, 0.05) is 10.6 Å². The molecule has 0 saturated heterocycles. The van der Waals surface area contributed by atoms with E-state index < -0.39 is 0 Å². The molecular formula is C10H19NS. The molecular weight excluding hydrogens is 166 g/mol. The van der Waals surface area contributed by atoms with Crippen molar-refractivity contribution < 1.29 is 0 Å². The SMILES string of the molecule is CC.CC1NC2=C(CCCC2)S1. The van der Waals surface area contributed by atoms with Gasteiger partial charge in [0.25, 0.3) is 0 Å². The first-order valence-electron chi connectivity index (χ1n) is 5.01. The predicted octanol–water partition coefficient (Wildman–Crippen LogP) is 3.48. The normalized spacial score (nSPS) is 27.1. The van der Waals surface area contributed by atoms with Crippen LogP contribution in [0.5, 0.6) is 0 Å². The van der Waals surface area contributed by atoms with Crippen LogP contribution in [0.4, 0.5) is 0 Å². The largest absolute Gasteiger partial charge is 0.376 e. The third kappa shape index (κ3) is 2.19. The third-order valence-electron chi connectivity index (χ3n) is 2.11. The van der Waals surface area contributed by atoms with Gasteiger partial charge in [0.2, 0.25) is 0 Å². The van der Waals surface area contributed by atoms with Gasteiger partial charge in [-0.05, 0) is 32.6 Å². The van der Waals surface area contributed by atoms with Crippen LogP contribution in [-0.4, -0.2) is 5.37 Å². The molecule has 12 heavy (non-hydrogen) atoms. The van der Waals surface area contributed by atoms with Gasteiger partial charge in [0.15, 0.2) is 0 Å². The molecule has 0 radical (unpaired) electrons. The van der Waals surface area contributed by atoms with Crippen LogP contribution in [0.2, 0.25) is 0 Å². The third-order valence-corrected chi connectivity index (χ3v) is 3.32. The number of hydrogen-bond donors (Lipinski definition) is 1. The molecule has 1 aliphatic carbocycles. The van der Waals surface area contributed by atoms with Gasteiger partial charge in [-0.1, -0.05) is 13.8 Å². The maximum absolute atomic E-state index is 3.50. The number of allylic oxidation sites excluding steroid dienone is 2. The molecule has 0 spiro atoms. The molecule has 0 aromatic carbocycles. The zero-order valence-corrected chi connectivity index (χ0v) is 9.13. The predicted molar refractivity (Wildman–Crippen MR) is 57.0 cm³/mol. The number of thioether (sulfide) groups is 1. The van der Waals surface area contributed by atoms with E-state index in [1.807, 2.05) is 25.6 Å². The van der Waals surface area contributed by atoms with Crippen LogP contribution in [0.1, 0.15) is 46.5 Å². The lowest BCUT2D eigenvalue weighted by molar-refractivity contribution is 0.647. The first kappa shape index (κ1) is 9.97. The zero-order valence-electron chi connectivity index (χ0n) is 8.31. The standard InChI is InChI=1S/C8H13NS.C2H6/c1-6-9-7-4-2-3-5-8(7)10-6;1-2/h6,9H,2-5H2,1H3;1-2H3. The van der Waals surface area contributed by atoms with E-state index in [1.54, 1.807) is 10.6 Å². The molecule has 2 aliphatic rings. The van der Waals surface area contributed by atoms with E-state index in [4.69, 9.17) is 0 Å². The highest BCUT2D eigenvalue weighted by Crippen LogP contribution is 2.38. The quantitative estimate of drug-likeness (QED) is 0.620. The average molecular weight is 185 g/mol. The van der Waals surface area contributed by atoms with Crippen LogP contribution in [0.15, 0.2) is 10.6 Å². The van der Waals surface area contributed by atoms with Gasteiger partial charge in [-0.2, -0.15) is 0 Å². The fourth-order valence-electron chi connectivity index (χ4n) is 1.65. The fourth-order valence-corrected chi connectivity index (χ4v) is 2.84. The van der Waals surface area contributed by atoms with Gasteiger partial charge in [-0.15, -0.1) is 11.8 Å². The van der Waals surface area contributed by atoms with E-state index in [-0.39, 0.29) is 0 Å². The second-order valence-corrected chi connectivity index (χ2v) is 4.45. The van der Waals surface area contributed by atoms with Gasteiger partial charge in [0.05, 0.1) is 5.37 Å². The Kier molecular flexibility index (Phi) is 3.99. The molecule has 0 saturated carbocycles. The van der Waals surface area contributed by atoms with Crippen molar-refractivity contribution in [1.29, 1.82) is 0 Å². The molecule has 1 nitrogen and oxygen atoms in total. The summed E-state index contributed by atoms with van der Waals surface area (Å²) in [5, 5.41) is 4.14. The summed E-state index contributed by atoms with van der Waals surface area (Å²) in [6.07, 6.45) is 5.42. The molecule has 2 rings (SSSR count). The molecule has 2 heteroatoms. The zero-order chi connectivity index (χ0) is 8.97. The van der Waals surface area contributed by atoms with Gasteiger partial charge in [0.1, 0.15) is 0 Å². The molecule has 1 N–H and O–H groups in total. The summed E-state index contributed by atoms with van der Waals surface area (Å²) in [5.41, 5.74) is 1.55. The lowest BCUT2D eigenvalue weighted by atomic mass is 10.0. The lowest BCUT2D eigenvalue weighted by Gasteiger charge is -2.11. The van der Waals surface area contributed by atoms with Gasteiger partial charge in [-0.25, -0.2) is 0 Å². The van der Waals surface area contributed by atoms with Crippen molar-refractivity contribution in [2.45, 2.75) is 51.8 Å². The second kappa shape index (κ2) is 4.80. The minimum absolute atomic E-state index is 0.642. The molecule has 0 bridgehead atoms. The van der Waals surface area contributed by atoms with Crippen molar-refractivity contribution in [2.24, 2.45) is 0 Å². The van der Waals surface area contributed by atoms with Crippen LogP contribution in [0.25, 0.3) is 0 Å². The lowest BCUT2D eigenvalue weighted by Crippen LogP contribution is -2.16. The number of hydrogen-bond acceptors (Lipinski definition) is 2. The minimum atomic E-state index is 0.642. The summed E-state index contributed by atoms with van der Waals surface area (Å²) in [6, 6.07) is 0. The monoisotopic (exact) mass is 185 g/mol. The molecule has 1 heterocycles. The summed E-state index contributed by atoms with van der Waals surface area (Å²) in [5.74, 6) is 0. The van der Waals surface area contributed by atoms with Crippen LogP contribution in [0, 0.1) is 0 Å². The van der Waals surface area contributed by atoms with Crippen molar-refractivity contribution in [3.8, 4) is 0 Å². The van der Waals surface area contributed by atoms with Crippen molar-refractivity contribution >= 4 is 11.8 Å². The number of nitrogens with one attached hydrogen (secondary N) is 1. The molecule has 0 aromatic rings. The fraction of sp³-hybridized carbons (Fsp3) is 0.800. The van der Waals surface area contributed by atoms with E-state index in [0.29, 0.717) is 5.37 Å². The van der Waals surface area contributed by atoms with Crippen LogP contribution >= 0.6 is 11.8 Å². The highest BCUT2D eigenvalue weighted by Gasteiger charge is 2.22. The Morgan fingerprint density at radius 1 is 1.25 bits per heavy atom. The highest BCUT2D eigenvalue weighted by molar-refractivity contribution is 8.03. The summed E-state index contributed by atoms with van der Waals surface area (Å²) >= 11 is 2.02. The Morgan fingerprint density at radius 3 is 2.58 bits per heavy atom. The minimum Gasteiger partial charge on any atom is -0.376 e. The Balaban J connectivity index is 0.000000336. The first-order valence-corrected chi connectivity index (χ1v) is 5.89. The van der Waals surface area contributed by atoms with E-state index in [1.165, 1.54) is 25.7 Å². The second-order valence-electron chi connectivity index (χ2n) is 3.01.